The number of aromatic nitrogens is 3. The number of carbonyl (C=O) groups is 2. The number of carbonyl (C=O) groups excluding carboxylic acids is 2. The molecule has 1 N–H and O–H groups in total. The summed E-state index contributed by atoms with van der Waals surface area (Å²) in [6, 6.07) is 11.4. The zero-order chi connectivity index (χ0) is 28.3. The topological polar surface area (TPSA) is 112 Å². The molecule has 12 heteroatoms. The van der Waals surface area contributed by atoms with Crippen molar-refractivity contribution in [3.63, 3.8) is 0 Å². The number of hydrogen-bond donors (Lipinski definition) is 1. The Kier molecular flexibility index (Phi) is 7.65. The van der Waals surface area contributed by atoms with Gasteiger partial charge in [0, 0.05) is 28.9 Å². The molecule has 9 nitrogen and oxygen atoms in total. The summed E-state index contributed by atoms with van der Waals surface area (Å²) in [4.78, 5) is 46.5. The number of aldehydes is 1. The Hall–Kier alpha value is -4.74. The summed E-state index contributed by atoms with van der Waals surface area (Å²) >= 11 is 0. The van der Waals surface area contributed by atoms with Crippen LogP contribution in [-0.4, -0.2) is 46.2 Å². The molecule has 4 rings (SSSR count). The van der Waals surface area contributed by atoms with Crippen LogP contribution < -0.4 is 20.3 Å². The zero-order valence-corrected chi connectivity index (χ0v) is 21.1. The van der Waals surface area contributed by atoms with Crippen LogP contribution in [0.25, 0.3) is 33.5 Å². The highest BCUT2D eigenvalue weighted by Gasteiger charge is 2.31. The van der Waals surface area contributed by atoms with Gasteiger partial charge in [-0.2, -0.15) is 0 Å². The molecule has 0 fully saturated rings. The van der Waals surface area contributed by atoms with E-state index in [9.17, 15) is 27.6 Å². The van der Waals surface area contributed by atoms with E-state index in [4.69, 9.17) is 4.74 Å². The van der Waals surface area contributed by atoms with E-state index in [0.717, 1.165) is 12.1 Å². The first kappa shape index (κ1) is 27.3. The summed E-state index contributed by atoms with van der Waals surface area (Å²) < 4.78 is 48.9. The smallest absolute Gasteiger partial charge is 0.497 e. The van der Waals surface area contributed by atoms with Gasteiger partial charge in [0.2, 0.25) is 5.91 Å². The van der Waals surface area contributed by atoms with Crippen molar-refractivity contribution in [2.75, 3.05) is 7.11 Å². The lowest BCUT2D eigenvalue weighted by molar-refractivity contribution is -0.274. The van der Waals surface area contributed by atoms with Gasteiger partial charge in [-0.05, 0) is 55.8 Å². The second-order valence-electron chi connectivity index (χ2n) is 8.83. The van der Waals surface area contributed by atoms with Gasteiger partial charge >= 0.3 is 6.36 Å². The summed E-state index contributed by atoms with van der Waals surface area (Å²) in [6.07, 6.45) is -3.27. The molecule has 0 aliphatic heterocycles. The monoisotopic (exact) mass is 540 g/mol. The van der Waals surface area contributed by atoms with Gasteiger partial charge in [-0.25, -0.2) is 9.97 Å². The number of ether oxygens (including phenoxy) is 2. The van der Waals surface area contributed by atoms with Gasteiger partial charge in [0.15, 0.2) is 5.65 Å². The van der Waals surface area contributed by atoms with Gasteiger partial charge in [-0.15, -0.1) is 13.2 Å². The highest BCUT2D eigenvalue weighted by molar-refractivity contribution is 5.85. The Morgan fingerprint density at radius 2 is 1.82 bits per heavy atom. The van der Waals surface area contributed by atoms with Crippen LogP contribution in [0, 0.1) is 0 Å². The molecular formula is C27H23F3N4O5. The number of alkyl halides is 3. The zero-order valence-electron chi connectivity index (χ0n) is 21.1. The summed E-state index contributed by atoms with van der Waals surface area (Å²) in [5.41, 5.74) is 0.299. The van der Waals surface area contributed by atoms with Gasteiger partial charge in [0.1, 0.15) is 30.2 Å². The van der Waals surface area contributed by atoms with Crippen molar-refractivity contribution < 1.29 is 32.2 Å². The number of nitrogens with one attached hydrogen (secondary N) is 1. The Labute approximate surface area is 220 Å². The third-order valence-corrected chi connectivity index (χ3v) is 5.52. The van der Waals surface area contributed by atoms with Crippen LogP contribution in [0.3, 0.4) is 0 Å². The molecule has 0 aliphatic carbocycles. The van der Waals surface area contributed by atoms with Crippen LogP contribution in [0.4, 0.5) is 13.2 Å². The summed E-state index contributed by atoms with van der Waals surface area (Å²) in [5.74, 6) is -0.338. The molecule has 0 saturated heterocycles. The maximum absolute atomic E-state index is 13.7. The molecule has 0 saturated carbocycles. The maximum Gasteiger partial charge on any atom is 0.573 e. The van der Waals surface area contributed by atoms with Crippen LogP contribution >= 0.6 is 0 Å². The SMILES string of the molecule is COc1cccc(-c2nc3ncc(-c4cc(C=O)cc(OC(F)(F)F)c4)cc3c(=O)n2CC(=O)NC(C)C)c1. The van der Waals surface area contributed by atoms with Crippen LogP contribution in [0.15, 0.2) is 59.5 Å². The lowest BCUT2D eigenvalue weighted by Crippen LogP contribution is -2.37. The van der Waals surface area contributed by atoms with Crippen molar-refractivity contribution in [1.82, 2.24) is 19.9 Å². The van der Waals surface area contributed by atoms with E-state index in [2.05, 4.69) is 20.0 Å². The van der Waals surface area contributed by atoms with Gasteiger partial charge in [0.25, 0.3) is 5.56 Å². The molecule has 39 heavy (non-hydrogen) atoms. The number of methoxy groups -OCH3 is 1. The number of nitrogens with zero attached hydrogens (tertiary/aromatic N) is 3. The van der Waals surface area contributed by atoms with Crippen LogP contribution in [0.2, 0.25) is 0 Å². The highest BCUT2D eigenvalue weighted by atomic mass is 19.4. The molecule has 4 aromatic rings. The molecule has 1 amide bonds. The number of pyridine rings is 1. The van der Waals surface area contributed by atoms with E-state index in [0.29, 0.717) is 17.6 Å². The van der Waals surface area contributed by atoms with E-state index in [1.165, 1.54) is 30.0 Å². The van der Waals surface area contributed by atoms with Crippen molar-refractivity contribution in [2.24, 2.45) is 0 Å². The number of benzene rings is 2. The van der Waals surface area contributed by atoms with Gasteiger partial charge in [-0.1, -0.05) is 12.1 Å². The molecule has 2 aromatic heterocycles. The van der Waals surface area contributed by atoms with Crippen molar-refractivity contribution in [2.45, 2.75) is 32.8 Å². The molecule has 2 aromatic carbocycles. The minimum atomic E-state index is -4.97. The molecule has 0 spiro atoms. The second-order valence-corrected chi connectivity index (χ2v) is 8.83. The molecule has 0 bridgehead atoms. The minimum absolute atomic E-state index is 0.0197. The van der Waals surface area contributed by atoms with E-state index in [-0.39, 0.29) is 46.1 Å². The first-order valence-electron chi connectivity index (χ1n) is 11.7. The first-order valence-corrected chi connectivity index (χ1v) is 11.7. The van der Waals surface area contributed by atoms with Crippen molar-refractivity contribution in [3.8, 4) is 34.0 Å². The number of halogens is 3. The Morgan fingerprint density at radius 1 is 1.08 bits per heavy atom. The minimum Gasteiger partial charge on any atom is -0.497 e. The van der Waals surface area contributed by atoms with E-state index >= 15 is 0 Å². The number of fused-ring (bicyclic) bond motifs is 1. The quantitative estimate of drug-likeness (QED) is 0.330. The highest BCUT2D eigenvalue weighted by Crippen LogP contribution is 2.30. The second kappa shape index (κ2) is 10.9. The van der Waals surface area contributed by atoms with Crippen molar-refractivity contribution in [1.29, 1.82) is 0 Å². The van der Waals surface area contributed by atoms with Crippen LogP contribution in [-0.2, 0) is 11.3 Å². The first-order chi connectivity index (χ1) is 18.5. The fourth-order valence-electron chi connectivity index (χ4n) is 3.95. The van der Waals surface area contributed by atoms with Gasteiger partial charge < -0.3 is 14.8 Å². The third-order valence-electron chi connectivity index (χ3n) is 5.52. The summed E-state index contributed by atoms with van der Waals surface area (Å²) in [6.45, 7) is 3.21. The molecule has 0 radical (unpaired) electrons. The van der Waals surface area contributed by atoms with Crippen LogP contribution in [0.5, 0.6) is 11.5 Å². The molecule has 2 heterocycles. The number of amides is 1. The largest absolute Gasteiger partial charge is 0.573 e. The number of hydrogen-bond acceptors (Lipinski definition) is 7. The normalized spacial score (nSPS) is 11.5. The standard InChI is InChI=1S/C27H23F3N4O5/c1-15(2)32-23(36)13-34-25(17-5-4-6-20(9-17)38-3)33-24-22(26(34)37)11-19(12-31-24)18-7-16(14-35)8-21(10-18)39-27(28,29)30/h4-12,14-15H,13H2,1-3H3,(H,32,36). The Bertz CT molecular complexity index is 1620. The van der Waals surface area contributed by atoms with E-state index < -0.39 is 23.6 Å². The molecule has 0 aliphatic rings. The number of rotatable bonds is 8. The Morgan fingerprint density at radius 3 is 2.49 bits per heavy atom. The lowest BCUT2D eigenvalue weighted by atomic mass is 10.0. The fourth-order valence-corrected chi connectivity index (χ4v) is 3.95. The van der Waals surface area contributed by atoms with Gasteiger partial charge in [-0.3, -0.25) is 19.0 Å². The predicted octanol–water partition coefficient (Wildman–Crippen LogP) is 4.37. The Balaban J connectivity index is 1.90. The van der Waals surface area contributed by atoms with Gasteiger partial charge in [0.05, 0.1) is 12.5 Å². The average Bonchev–Trinajstić information content (AvgIpc) is 2.88. The molecule has 0 unspecified atom stereocenters. The van der Waals surface area contributed by atoms with E-state index in [1.807, 2.05) is 0 Å². The van der Waals surface area contributed by atoms with Crippen LogP contribution in [0.1, 0.15) is 24.2 Å². The van der Waals surface area contributed by atoms with E-state index in [1.54, 1.807) is 38.1 Å². The average molecular weight is 540 g/mol. The third kappa shape index (κ3) is 6.40. The summed E-state index contributed by atoms with van der Waals surface area (Å²) in [5, 5.41) is 2.76. The summed E-state index contributed by atoms with van der Waals surface area (Å²) in [7, 11) is 1.49. The predicted molar refractivity (Wildman–Crippen MR) is 137 cm³/mol. The fraction of sp³-hybridized carbons (Fsp3) is 0.222. The lowest BCUT2D eigenvalue weighted by Gasteiger charge is -2.16. The molecule has 0 atom stereocenters. The van der Waals surface area contributed by atoms with Crippen molar-refractivity contribution >= 4 is 23.2 Å². The van der Waals surface area contributed by atoms with Crippen molar-refractivity contribution in [3.05, 3.63) is 70.6 Å². The molecule has 202 valence electrons. The molecular weight excluding hydrogens is 517 g/mol. The maximum atomic E-state index is 13.7.